The van der Waals surface area contributed by atoms with Gasteiger partial charge in [0, 0.05) is 25.2 Å². The van der Waals surface area contributed by atoms with Crippen molar-refractivity contribution in [2.45, 2.75) is 12.6 Å². The molecular weight excluding hydrogens is 336 g/mol. The first-order valence-electron chi connectivity index (χ1n) is 6.95. The molecule has 0 unspecified atom stereocenters. The Labute approximate surface area is 143 Å². The lowest BCUT2D eigenvalue weighted by Gasteiger charge is -2.14. The molecule has 0 aliphatic rings. The van der Waals surface area contributed by atoms with Crippen molar-refractivity contribution in [2.75, 3.05) is 13.7 Å². The molecule has 0 spiro atoms. The lowest BCUT2D eigenvalue weighted by Crippen LogP contribution is -2.41. The number of thiophene rings is 1. The van der Waals surface area contributed by atoms with Gasteiger partial charge in [0.05, 0.1) is 0 Å². The number of hydrogen-bond donors (Lipinski definition) is 2. The molecule has 23 heavy (non-hydrogen) atoms. The summed E-state index contributed by atoms with van der Waals surface area (Å²) in [5.41, 5.74) is 1.84. The Hall–Kier alpha value is -1.89. The highest BCUT2D eigenvalue weighted by molar-refractivity contribution is 7.07. The number of ether oxygens (including phenoxy) is 1. The van der Waals surface area contributed by atoms with Gasteiger partial charge in [-0.1, -0.05) is 23.7 Å². The molecule has 0 bridgehead atoms. The van der Waals surface area contributed by atoms with E-state index < -0.39 is 11.8 Å². The molecule has 0 saturated heterocycles. The number of carbonyl (C=O) groups excluding carboxylic acids is 2. The number of methoxy groups -OCH3 is 1. The Morgan fingerprint density at radius 1 is 1.17 bits per heavy atom. The summed E-state index contributed by atoms with van der Waals surface area (Å²) in [6.45, 7) is 0.502. The predicted octanol–water partition coefficient (Wildman–Crippen LogP) is 2.52. The summed E-state index contributed by atoms with van der Waals surface area (Å²) in [4.78, 5) is 23.6. The molecule has 2 rings (SSSR count). The van der Waals surface area contributed by atoms with Crippen LogP contribution in [0.25, 0.3) is 0 Å². The summed E-state index contributed by atoms with van der Waals surface area (Å²) in [6.07, 6.45) is -0.269. The van der Waals surface area contributed by atoms with Crippen molar-refractivity contribution in [1.82, 2.24) is 10.6 Å². The highest BCUT2D eigenvalue weighted by Gasteiger charge is 2.17. The van der Waals surface area contributed by atoms with Crippen molar-refractivity contribution >= 4 is 34.8 Å². The van der Waals surface area contributed by atoms with Gasteiger partial charge >= 0.3 is 11.8 Å². The molecule has 0 aliphatic carbocycles. The zero-order chi connectivity index (χ0) is 16.7. The molecule has 1 aromatic carbocycles. The average Bonchev–Trinajstić information content (AvgIpc) is 3.08. The maximum absolute atomic E-state index is 11.8. The van der Waals surface area contributed by atoms with E-state index in [4.69, 9.17) is 16.3 Å². The second-order valence-electron chi connectivity index (χ2n) is 4.80. The average molecular weight is 353 g/mol. The van der Waals surface area contributed by atoms with Crippen LogP contribution in [0.4, 0.5) is 0 Å². The van der Waals surface area contributed by atoms with Gasteiger partial charge < -0.3 is 15.4 Å². The van der Waals surface area contributed by atoms with Gasteiger partial charge in [-0.3, -0.25) is 9.59 Å². The third kappa shape index (κ3) is 5.35. The minimum absolute atomic E-state index is 0.237. The molecule has 0 fully saturated rings. The standard InChI is InChI=1S/C16H17ClN2O3S/c1-22-14(12-6-7-23-10-12)9-19-16(21)15(20)18-8-11-2-4-13(17)5-3-11/h2-7,10,14H,8-9H2,1H3,(H,18,20)(H,19,21)/t14-/m0/s1. The van der Waals surface area contributed by atoms with Gasteiger partial charge in [0.2, 0.25) is 0 Å². The second kappa shape index (κ2) is 8.67. The Balaban J connectivity index is 1.78. The van der Waals surface area contributed by atoms with E-state index >= 15 is 0 Å². The van der Waals surface area contributed by atoms with Gasteiger partial charge in [-0.15, -0.1) is 0 Å². The van der Waals surface area contributed by atoms with Crippen LogP contribution in [0.5, 0.6) is 0 Å². The first kappa shape index (κ1) is 17.5. The summed E-state index contributed by atoms with van der Waals surface area (Å²) in [5.74, 6) is -1.36. The zero-order valence-corrected chi connectivity index (χ0v) is 14.1. The summed E-state index contributed by atoms with van der Waals surface area (Å²) in [5, 5.41) is 9.64. The van der Waals surface area contributed by atoms with Crippen LogP contribution in [0.3, 0.4) is 0 Å². The first-order chi connectivity index (χ1) is 11.1. The number of nitrogens with one attached hydrogen (secondary N) is 2. The van der Waals surface area contributed by atoms with Gasteiger partial charge in [-0.25, -0.2) is 0 Å². The van der Waals surface area contributed by atoms with E-state index in [2.05, 4.69) is 10.6 Å². The topological polar surface area (TPSA) is 67.4 Å². The summed E-state index contributed by atoms with van der Waals surface area (Å²) >= 11 is 7.34. The molecule has 7 heteroatoms. The van der Waals surface area contributed by atoms with Crippen molar-refractivity contribution in [3.63, 3.8) is 0 Å². The number of carbonyl (C=O) groups is 2. The maximum Gasteiger partial charge on any atom is 0.309 e. The van der Waals surface area contributed by atoms with Crippen LogP contribution in [-0.4, -0.2) is 25.5 Å². The van der Waals surface area contributed by atoms with E-state index in [1.165, 1.54) is 0 Å². The van der Waals surface area contributed by atoms with E-state index in [0.717, 1.165) is 11.1 Å². The fourth-order valence-electron chi connectivity index (χ4n) is 1.93. The molecule has 1 atom stereocenters. The Morgan fingerprint density at radius 3 is 2.48 bits per heavy atom. The Kier molecular flexibility index (Phi) is 6.58. The van der Waals surface area contributed by atoms with Crippen LogP contribution in [0.15, 0.2) is 41.1 Å². The second-order valence-corrected chi connectivity index (χ2v) is 6.02. The number of amides is 2. The Morgan fingerprint density at radius 2 is 1.87 bits per heavy atom. The zero-order valence-electron chi connectivity index (χ0n) is 12.5. The number of benzene rings is 1. The normalized spacial score (nSPS) is 11.7. The lowest BCUT2D eigenvalue weighted by atomic mass is 10.2. The molecule has 1 aromatic heterocycles. The van der Waals surface area contributed by atoms with E-state index in [0.29, 0.717) is 5.02 Å². The Bertz CT molecular complexity index is 644. The van der Waals surface area contributed by atoms with Crippen LogP contribution in [0.1, 0.15) is 17.2 Å². The van der Waals surface area contributed by atoms with Crippen molar-refractivity contribution in [1.29, 1.82) is 0 Å². The van der Waals surface area contributed by atoms with E-state index in [-0.39, 0.29) is 19.2 Å². The van der Waals surface area contributed by atoms with E-state index in [1.807, 2.05) is 16.8 Å². The molecular formula is C16H17ClN2O3S. The quantitative estimate of drug-likeness (QED) is 0.785. The van der Waals surface area contributed by atoms with Crippen LogP contribution in [0.2, 0.25) is 5.02 Å². The molecule has 122 valence electrons. The molecule has 2 aromatic rings. The van der Waals surface area contributed by atoms with Crippen LogP contribution >= 0.6 is 22.9 Å². The largest absolute Gasteiger partial charge is 0.375 e. The SMILES string of the molecule is CO[C@@H](CNC(=O)C(=O)NCc1ccc(Cl)cc1)c1ccsc1. The molecule has 0 saturated carbocycles. The van der Waals surface area contributed by atoms with Gasteiger partial charge in [-0.05, 0) is 40.1 Å². The molecule has 2 N–H and O–H groups in total. The highest BCUT2D eigenvalue weighted by Crippen LogP contribution is 2.18. The maximum atomic E-state index is 11.8. The fourth-order valence-corrected chi connectivity index (χ4v) is 2.75. The fraction of sp³-hybridized carbons (Fsp3) is 0.250. The number of rotatable bonds is 6. The predicted molar refractivity (Wildman–Crippen MR) is 90.4 cm³/mol. The minimum Gasteiger partial charge on any atom is -0.375 e. The van der Waals surface area contributed by atoms with Gasteiger partial charge in [0.25, 0.3) is 0 Å². The first-order valence-corrected chi connectivity index (χ1v) is 8.27. The third-order valence-electron chi connectivity index (χ3n) is 3.22. The van der Waals surface area contributed by atoms with E-state index in [9.17, 15) is 9.59 Å². The highest BCUT2D eigenvalue weighted by atomic mass is 35.5. The van der Waals surface area contributed by atoms with Crippen LogP contribution in [-0.2, 0) is 20.9 Å². The number of halogens is 1. The van der Waals surface area contributed by atoms with Crippen LogP contribution < -0.4 is 10.6 Å². The van der Waals surface area contributed by atoms with Crippen molar-refractivity contribution < 1.29 is 14.3 Å². The van der Waals surface area contributed by atoms with Gasteiger partial charge in [-0.2, -0.15) is 11.3 Å². The minimum atomic E-state index is -0.684. The molecule has 2 amide bonds. The monoisotopic (exact) mass is 352 g/mol. The van der Waals surface area contributed by atoms with Crippen LogP contribution in [0, 0.1) is 0 Å². The molecule has 0 aliphatic heterocycles. The van der Waals surface area contributed by atoms with Gasteiger partial charge in [0.15, 0.2) is 0 Å². The third-order valence-corrected chi connectivity index (χ3v) is 4.17. The molecule has 5 nitrogen and oxygen atoms in total. The van der Waals surface area contributed by atoms with Gasteiger partial charge in [0.1, 0.15) is 6.10 Å². The van der Waals surface area contributed by atoms with Crippen molar-refractivity contribution in [3.8, 4) is 0 Å². The molecule has 0 radical (unpaired) electrons. The summed E-state index contributed by atoms with van der Waals surface area (Å²) < 4.78 is 5.31. The summed E-state index contributed by atoms with van der Waals surface area (Å²) in [6, 6.07) is 8.96. The smallest absolute Gasteiger partial charge is 0.309 e. The van der Waals surface area contributed by atoms with Crippen molar-refractivity contribution in [3.05, 3.63) is 57.2 Å². The van der Waals surface area contributed by atoms with Crippen molar-refractivity contribution in [2.24, 2.45) is 0 Å². The van der Waals surface area contributed by atoms with E-state index in [1.54, 1.807) is 42.7 Å². The lowest BCUT2D eigenvalue weighted by molar-refractivity contribution is -0.139. The molecule has 1 heterocycles. The summed E-state index contributed by atoms with van der Waals surface area (Å²) in [7, 11) is 1.56. The number of hydrogen-bond acceptors (Lipinski definition) is 4.